The van der Waals surface area contributed by atoms with Gasteiger partial charge in [-0.3, -0.25) is 4.79 Å². The summed E-state index contributed by atoms with van der Waals surface area (Å²) >= 11 is 0. The Hall–Kier alpha value is -1.05. The van der Waals surface area contributed by atoms with Gasteiger partial charge in [0.05, 0.1) is 37.0 Å². The van der Waals surface area contributed by atoms with Crippen molar-refractivity contribution in [1.82, 2.24) is 0 Å². The second-order valence-corrected chi connectivity index (χ2v) is 12.5. The van der Waals surface area contributed by atoms with Gasteiger partial charge in [0.2, 0.25) is 0 Å². The monoisotopic (exact) mass is 668 g/mol. The lowest BCUT2D eigenvalue weighted by Gasteiger charge is -2.47. The number of Topliss-reactive ketones (excluding diaryl/α,β-unsaturated/α-hetero) is 1. The van der Waals surface area contributed by atoms with Crippen LogP contribution in [0.2, 0.25) is 0 Å². The standard InChI is InChI=1S/C27H52N6O13/c28-2-1-10(35)3-9-4-11(31)22(44-25-12(32)5-13(36)14(6-29)41-25)24(18(9)37)46-27-21(40)23(16(8-34)43-27)45-26-17(33)20(39)19(38)15(7-30)42-26/h9,11-27,34,36-40H,1-8,28-33H2/t9-,11+,12-,13+,14-,15+,16-,17-,18+,19-,20-,21-,22-,23-,24-,25-,26-,27+/m1/s1. The van der Waals surface area contributed by atoms with E-state index in [1.165, 1.54) is 0 Å². The highest BCUT2D eigenvalue weighted by Gasteiger charge is 2.54. The van der Waals surface area contributed by atoms with Crippen LogP contribution in [0.1, 0.15) is 25.7 Å². The molecule has 0 aromatic heterocycles. The first-order chi connectivity index (χ1) is 21.8. The highest BCUT2D eigenvalue weighted by molar-refractivity contribution is 5.78. The van der Waals surface area contributed by atoms with Crippen LogP contribution in [0.5, 0.6) is 0 Å². The van der Waals surface area contributed by atoms with Crippen molar-refractivity contribution in [2.45, 2.75) is 130 Å². The van der Waals surface area contributed by atoms with Crippen molar-refractivity contribution in [3.05, 3.63) is 0 Å². The number of carbonyl (C=O) groups is 1. The molecule has 19 nitrogen and oxygen atoms in total. The predicted octanol–water partition coefficient (Wildman–Crippen LogP) is -7.27. The molecule has 0 spiro atoms. The summed E-state index contributed by atoms with van der Waals surface area (Å²) in [4.78, 5) is 12.5. The van der Waals surface area contributed by atoms with Crippen LogP contribution in [0.25, 0.3) is 0 Å². The van der Waals surface area contributed by atoms with E-state index in [2.05, 4.69) is 0 Å². The smallest absolute Gasteiger partial charge is 0.187 e. The number of aliphatic hydroxyl groups excluding tert-OH is 6. The number of rotatable bonds is 13. The van der Waals surface area contributed by atoms with Gasteiger partial charge in [-0.25, -0.2) is 0 Å². The van der Waals surface area contributed by atoms with Gasteiger partial charge in [0.1, 0.15) is 54.6 Å². The molecule has 4 fully saturated rings. The lowest BCUT2D eigenvalue weighted by molar-refractivity contribution is -0.299. The van der Waals surface area contributed by atoms with E-state index in [-0.39, 0.29) is 51.1 Å². The molecule has 3 heterocycles. The molecule has 18 N–H and O–H groups in total. The molecule has 0 aromatic rings. The number of ether oxygens (including phenoxy) is 6. The van der Waals surface area contributed by atoms with E-state index in [4.69, 9.17) is 62.8 Å². The second kappa shape index (κ2) is 16.6. The first-order valence-electron chi connectivity index (χ1n) is 15.7. The Balaban J connectivity index is 1.54. The first-order valence-corrected chi connectivity index (χ1v) is 15.7. The van der Waals surface area contributed by atoms with Crippen molar-refractivity contribution < 1.29 is 63.9 Å². The SMILES string of the molecule is NCCC(=O)C[C@@H]1C[C@H](N)[C@@H](O[C@H]2O[C@H](CN)[C@@H](O)C[C@H]2N)[C@H](O[C@@H]2O[C@H](CO)[C@@H](O[C@H]3O[C@@H](CN)[C@@H](O)[C@H](O)[C@H]3N)[C@H]2O)[C@H]1O. The Morgan fingerprint density at radius 2 is 1.28 bits per heavy atom. The van der Waals surface area contributed by atoms with Crippen LogP contribution < -0.4 is 34.4 Å². The molecule has 19 heteroatoms. The van der Waals surface area contributed by atoms with Crippen LogP contribution in [0, 0.1) is 5.92 Å². The third-order valence-corrected chi connectivity index (χ3v) is 9.21. The summed E-state index contributed by atoms with van der Waals surface area (Å²) in [6, 6.07) is -2.86. The van der Waals surface area contributed by atoms with Gasteiger partial charge < -0.3 is 93.5 Å². The van der Waals surface area contributed by atoms with Crippen molar-refractivity contribution in [1.29, 1.82) is 0 Å². The van der Waals surface area contributed by atoms with Gasteiger partial charge in [0, 0.05) is 32.0 Å². The molecule has 0 aromatic carbocycles. The van der Waals surface area contributed by atoms with Crippen molar-refractivity contribution in [2.24, 2.45) is 40.3 Å². The average molecular weight is 669 g/mol. The van der Waals surface area contributed by atoms with E-state index in [1.807, 2.05) is 0 Å². The molecule has 4 aliphatic rings. The predicted molar refractivity (Wildman–Crippen MR) is 156 cm³/mol. The van der Waals surface area contributed by atoms with Crippen molar-refractivity contribution in [2.75, 3.05) is 26.2 Å². The van der Waals surface area contributed by atoms with Gasteiger partial charge in [0.15, 0.2) is 18.9 Å². The lowest BCUT2D eigenvalue weighted by Crippen LogP contribution is -2.64. The zero-order valence-electron chi connectivity index (χ0n) is 25.6. The quantitative estimate of drug-likeness (QED) is 0.0866. The van der Waals surface area contributed by atoms with Crippen molar-refractivity contribution in [3.63, 3.8) is 0 Å². The Morgan fingerprint density at radius 1 is 0.674 bits per heavy atom. The largest absolute Gasteiger partial charge is 0.394 e. The third-order valence-electron chi connectivity index (χ3n) is 9.21. The fourth-order valence-corrected chi connectivity index (χ4v) is 6.54. The molecule has 0 radical (unpaired) electrons. The summed E-state index contributed by atoms with van der Waals surface area (Å²) in [7, 11) is 0. The van der Waals surface area contributed by atoms with E-state index in [0.29, 0.717) is 0 Å². The summed E-state index contributed by atoms with van der Waals surface area (Å²) in [5.74, 6) is -0.861. The molecule has 46 heavy (non-hydrogen) atoms. The van der Waals surface area contributed by atoms with Crippen LogP contribution in [0.15, 0.2) is 0 Å². The molecule has 4 rings (SSSR count). The molecule has 0 bridgehead atoms. The Labute approximate surface area is 266 Å². The number of aliphatic hydroxyl groups is 6. The van der Waals surface area contributed by atoms with Crippen LogP contribution in [0.4, 0.5) is 0 Å². The molecular formula is C27H52N6O13. The van der Waals surface area contributed by atoms with Crippen LogP contribution >= 0.6 is 0 Å². The van der Waals surface area contributed by atoms with E-state index in [0.717, 1.165) is 0 Å². The zero-order valence-corrected chi connectivity index (χ0v) is 25.6. The van der Waals surface area contributed by atoms with Gasteiger partial charge in [-0.05, 0) is 25.3 Å². The molecule has 1 saturated carbocycles. The van der Waals surface area contributed by atoms with Gasteiger partial charge in [-0.15, -0.1) is 0 Å². The average Bonchev–Trinajstić information content (AvgIpc) is 3.31. The van der Waals surface area contributed by atoms with Crippen LogP contribution in [-0.4, -0.2) is 167 Å². The van der Waals surface area contributed by atoms with Crippen LogP contribution in [0.3, 0.4) is 0 Å². The maximum absolute atomic E-state index is 12.5. The van der Waals surface area contributed by atoms with Crippen molar-refractivity contribution >= 4 is 5.78 Å². The Morgan fingerprint density at radius 3 is 1.91 bits per heavy atom. The summed E-state index contributed by atoms with van der Waals surface area (Å²) in [5.41, 5.74) is 35.7. The molecule has 0 unspecified atom stereocenters. The number of nitrogens with two attached hydrogens (primary N) is 6. The second-order valence-electron chi connectivity index (χ2n) is 12.5. The minimum atomic E-state index is -1.61. The summed E-state index contributed by atoms with van der Waals surface area (Å²) in [6.07, 6.45) is -17.1. The zero-order chi connectivity index (χ0) is 33.9. The molecule has 3 aliphatic heterocycles. The highest BCUT2D eigenvalue weighted by Crippen LogP contribution is 2.37. The number of ketones is 1. The van der Waals surface area contributed by atoms with Crippen LogP contribution in [-0.2, 0) is 33.2 Å². The Kier molecular flexibility index (Phi) is 13.6. The van der Waals surface area contributed by atoms with E-state index >= 15 is 0 Å². The first kappa shape index (κ1) is 37.8. The van der Waals surface area contributed by atoms with E-state index in [1.54, 1.807) is 0 Å². The molecule has 3 saturated heterocycles. The maximum atomic E-state index is 12.5. The Bertz CT molecular complexity index is 975. The van der Waals surface area contributed by atoms with Crippen molar-refractivity contribution in [3.8, 4) is 0 Å². The summed E-state index contributed by atoms with van der Waals surface area (Å²) < 4.78 is 35.4. The number of carbonyl (C=O) groups excluding carboxylic acids is 1. The minimum absolute atomic E-state index is 0.0131. The summed E-state index contributed by atoms with van der Waals surface area (Å²) in [5, 5.41) is 63.7. The number of hydrogen-bond donors (Lipinski definition) is 12. The van der Waals surface area contributed by atoms with Gasteiger partial charge in [0.25, 0.3) is 0 Å². The topological polar surface area (TPSA) is 350 Å². The van der Waals surface area contributed by atoms with Gasteiger partial charge >= 0.3 is 0 Å². The third kappa shape index (κ3) is 8.21. The molecule has 18 atom stereocenters. The van der Waals surface area contributed by atoms with E-state index < -0.39 is 117 Å². The number of hydrogen-bond acceptors (Lipinski definition) is 19. The molecule has 1 aliphatic carbocycles. The van der Waals surface area contributed by atoms with Gasteiger partial charge in [-0.1, -0.05) is 0 Å². The minimum Gasteiger partial charge on any atom is -0.394 e. The maximum Gasteiger partial charge on any atom is 0.187 e. The normalized spacial score (nSPS) is 48.4. The molecule has 0 amide bonds. The molecular weight excluding hydrogens is 616 g/mol. The van der Waals surface area contributed by atoms with Gasteiger partial charge in [-0.2, -0.15) is 0 Å². The fraction of sp³-hybridized carbons (Fsp3) is 0.963. The highest BCUT2D eigenvalue weighted by atomic mass is 16.8. The summed E-state index contributed by atoms with van der Waals surface area (Å²) in [6.45, 7) is -0.696. The van der Waals surface area contributed by atoms with E-state index in [9.17, 15) is 35.4 Å². The molecule has 268 valence electrons. The fourth-order valence-electron chi connectivity index (χ4n) is 6.54. The lowest BCUT2D eigenvalue weighted by atomic mass is 9.77.